The van der Waals surface area contributed by atoms with Crippen molar-refractivity contribution in [3.8, 4) is 0 Å². The summed E-state index contributed by atoms with van der Waals surface area (Å²) in [6.45, 7) is 6.56. The van der Waals surface area contributed by atoms with E-state index < -0.39 is 0 Å². The van der Waals surface area contributed by atoms with Crippen LogP contribution in [-0.4, -0.2) is 4.57 Å². The number of aryl methyl sites for hydroxylation is 1. The number of allylic oxidation sites excluding steroid dienone is 5. The first-order chi connectivity index (χ1) is 13.2. The first kappa shape index (κ1) is 16.1. The van der Waals surface area contributed by atoms with Crippen LogP contribution in [-0.2, 0) is 6.42 Å². The summed E-state index contributed by atoms with van der Waals surface area (Å²) in [6, 6.07) is 15.7. The fourth-order valence-corrected chi connectivity index (χ4v) is 4.52. The quantitative estimate of drug-likeness (QED) is 0.341. The van der Waals surface area contributed by atoms with Crippen LogP contribution in [0.4, 0.5) is 0 Å². The molecule has 0 saturated carbocycles. The van der Waals surface area contributed by atoms with Gasteiger partial charge in [0, 0.05) is 21.9 Å². The van der Waals surface area contributed by atoms with E-state index in [1.54, 1.807) is 0 Å². The zero-order valence-electron chi connectivity index (χ0n) is 16.1. The van der Waals surface area contributed by atoms with Crippen LogP contribution in [0.3, 0.4) is 0 Å². The molecule has 3 aromatic carbocycles. The lowest BCUT2D eigenvalue weighted by Crippen LogP contribution is -1.97. The molecule has 0 bridgehead atoms. The lowest BCUT2D eigenvalue weighted by Gasteiger charge is -2.15. The zero-order chi connectivity index (χ0) is 18.5. The second-order valence-corrected chi connectivity index (χ2v) is 7.42. The van der Waals surface area contributed by atoms with Gasteiger partial charge in [-0.1, -0.05) is 66.8 Å². The van der Waals surface area contributed by atoms with Crippen LogP contribution in [0.1, 0.15) is 30.5 Å². The number of hydrogen-bond acceptors (Lipinski definition) is 0. The molecule has 0 amide bonds. The van der Waals surface area contributed by atoms with E-state index in [4.69, 9.17) is 0 Å². The van der Waals surface area contributed by atoms with E-state index in [-0.39, 0.29) is 0 Å². The molecule has 1 heterocycles. The molecule has 0 radical (unpaired) electrons. The molecular formula is C26H23N. The van der Waals surface area contributed by atoms with Crippen LogP contribution in [0, 0.1) is 6.92 Å². The van der Waals surface area contributed by atoms with Crippen LogP contribution in [0.25, 0.3) is 44.4 Å². The fourth-order valence-electron chi connectivity index (χ4n) is 4.52. The average molecular weight is 349 g/mol. The Bertz CT molecular complexity index is 1310. The maximum Gasteiger partial charge on any atom is 0.0622 e. The Balaban J connectivity index is 2.12. The van der Waals surface area contributed by atoms with Gasteiger partial charge in [0.2, 0.25) is 0 Å². The third kappa shape index (κ3) is 2.24. The van der Waals surface area contributed by atoms with Gasteiger partial charge in [0.25, 0.3) is 0 Å². The van der Waals surface area contributed by atoms with E-state index in [2.05, 4.69) is 98.2 Å². The highest BCUT2D eigenvalue weighted by molar-refractivity contribution is 6.21. The standard InChI is InChI=1S/C26H23N/c1-4-18(3)27-24-13-9-8-12-22(24)23-15-14-20-17(2)16-19-10-6-5-7-11-21(19)25(20)26(23)27/h4-9,11-16H,10H2,1-3H3/b18-4+. The van der Waals surface area contributed by atoms with Crippen LogP contribution >= 0.6 is 0 Å². The van der Waals surface area contributed by atoms with E-state index in [1.165, 1.54) is 55.0 Å². The minimum Gasteiger partial charge on any atom is -0.313 e. The highest BCUT2D eigenvalue weighted by atomic mass is 15.0. The predicted octanol–water partition coefficient (Wildman–Crippen LogP) is 7.26. The second-order valence-electron chi connectivity index (χ2n) is 7.42. The number of benzene rings is 3. The molecule has 1 aliphatic rings. The van der Waals surface area contributed by atoms with Crippen molar-refractivity contribution >= 4 is 44.4 Å². The fraction of sp³-hybridized carbons (Fsp3) is 0.154. The Hall–Kier alpha value is -3.06. The number of fused-ring (bicyclic) bond motifs is 7. The van der Waals surface area contributed by atoms with Crippen molar-refractivity contribution < 1.29 is 0 Å². The molecule has 27 heavy (non-hydrogen) atoms. The van der Waals surface area contributed by atoms with Gasteiger partial charge in [-0.15, -0.1) is 0 Å². The third-order valence-electron chi connectivity index (χ3n) is 5.89. The molecule has 1 nitrogen and oxygen atoms in total. The summed E-state index contributed by atoms with van der Waals surface area (Å²) < 4.78 is 2.44. The molecule has 4 aromatic rings. The van der Waals surface area contributed by atoms with Crippen LogP contribution in [0.15, 0.2) is 66.8 Å². The molecule has 0 atom stereocenters. The van der Waals surface area contributed by atoms with E-state index in [9.17, 15) is 0 Å². The largest absolute Gasteiger partial charge is 0.313 e. The number of nitrogens with zero attached hydrogens (tertiary/aromatic N) is 1. The summed E-state index contributed by atoms with van der Waals surface area (Å²) in [4.78, 5) is 0. The van der Waals surface area contributed by atoms with E-state index in [0.29, 0.717) is 0 Å². The molecule has 0 fully saturated rings. The number of rotatable bonds is 1. The second kappa shape index (κ2) is 5.99. The van der Waals surface area contributed by atoms with Gasteiger partial charge in [0.05, 0.1) is 11.0 Å². The molecule has 0 N–H and O–H groups in total. The Morgan fingerprint density at radius 3 is 2.67 bits per heavy atom. The topological polar surface area (TPSA) is 4.93 Å². The highest BCUT2D eigenvalue weighted by Crippen LogP contribution is 2.40. The highest BCUT2D eigenvalue weighted by Gasteiger charge is 2.18. The van der Waals surface area contributed by atoms with Crippen molar-refractivity contribution in [1.29, 1.82) is 0 Å². The minimum atomic E-state index is 0.984. The van der Waals surface area contributed by atoms with E-state index in [0.717, 1.165) is 6.42 Å². The smallest absolute Gasteiger partial charge is 0.0622 e. The van der Waals surface area contributed by atoms with Gasteiger partial charge in [-0.25, -0.2) is 0 Å². The summed E-state index contributed by atoms with van der Waals surface area (Å²) in [7, 11) is 0. The molecule has 1 heteroatoms. The average Bonchev–Trinajstić information content (AvgIpc) is 2.84. The lowest BCUT2D eigenvalue weighted by atomic mass is 9.92. The van der Waals surface area contributed by atoms with E-state index >= 15 is 0 Å². The van der Waals surface area contributed by atoms with Crippen molar-refractivity contribution in [2.24, 2.45) is 0 Å². The first-order valence-electron chi connectivity index (χ1n) is 9.65. The number of para-hydroxylation sites is 1. The zero-order valence-corrected chi connectivity index (χ0v) is 16.1. The van der Waals surface area contributed by atoms with Gasteiger partial charge in [0.15, 0.2) is 0 Å². The lowest BCUT2D eigenvalue weighted by molar-refractivity contribution is 1.20. The molecule has 0 aliphatic heterocycles. The first-order valence-corrected chi connectivity index (χ1v) is 9.65. The molecule has 0 unspecified atom stereocenters. The summed E-state index contributed by atoms with van der Waals surface area (Å²) in [5.74, 6) is 0. The Kier molecular flexibility index (Phi) is 3.58. The summed E-state index contributed by atoms with van der Waals surface area (Å²) in [5.41, 5.74) is 7.99. The van der Waals surface area contributed by atoms with Gasteiger partial charge in [-0.2, -0.15) is 0 Å². The molecule has 1 aromatic heterocycles. The monoisotopic (exact) mass is 349 g/mol. The summed E-state index contributed by atoms with van der Waals surface area (Å²) in [6.07, 6.45) is 12.1. The van der Waals surface area contributed by atoms with Crippen molar-refractivity contribution in [2.75, 3.05) is 0 Å². The predicted molar refractivity (Wildman–Crippen MR) is 119 cm³/mol. The summed E-state index contributed by atoms with van der Waals surface area (Å²) >= 11 is 0. The Morgan fingerprint density at radius 2 is 1.81 bits per heavy atom. The molecule has 1 aliphatic carbocycles. The van der Waals surface area contributed by atoms with Crippen LogP contribution in [0.2, 0.25) is 0 Å². The maximum absolute atomic E-state index is 2.44. The Morgan fingerprint density at radius 1 is 1.00 bits per heavy atom. The van der Waals surface area contributed by atoms with Crippen LogP contribution in [0.5, 0.6) is 0 Å². The number of aromatic nitrogens is 1. The van der Waals surface area contributed by atoms with Crippen molar-refractivity contribution in [3.63, 3.8) is 0 Å². The molecule has 5 rings (SSSR count). The molecule has 0 spiro atoms. The number of hydrogen-bond donors (Lipinski definition) is 0. The van der Waals surface area contributed by atoms with Crippen LogP contribution < -0.4 is 0 Å². The third-order valence-corrected chi connectivity index (χ3v) is 5.89. The molecule has 0 saturated heterocycles. The van der Waals surface area contributed by atoms with Gasteiger partial charge in [-0.3, -0.25) is 0 Å². The SMILES string of the molecule is C/C=C(\C)n1c2ccccc2c2ccc3c(C)cc4c(c3c21)C=CC=CC4. The minimum absolute atomic E-state index is 0.984. The van der Waals surface area contributed by atoms with Gasteiger partial charge in [0.1, 0.15) is 0 Å². The van der Waals surface area contributed by atoms with Gasteiger partial charge < -0.3 is 4.57 Å². The molecular weight excluding hydrogens is 326 g/mol. The van der Waals surface area contributed by atoms with Crippen molar-refractivity contribution in [2.45, 2.75) is 27.2 Å². The van der Waals surface area contributed by atoms with E-state index in [1.807, 2.05) is 0 Å². The summed E-state index contributed by atoms with van der Waals surface area (Å²) in [5, 5.41) is 5.37. The van der Waals surface area contributed by atoms with Crippen molar-refractivity contribution in [1.82, 2.24) is 4.57 Å². The normalized spacial score (nSPS) is 14.3. The Labute approximate surface area is 159 Å². The maximum atomic E-state index is 2.44. The van der Waals surface area contributed by atoms with Crippen molar-refractivity contribution in [3.05, 3.63) is 83.5 Å². The molecule has 132 valence electrons. The van der Waals surface area contributed by atoms with Gasteiger partial charge >= 0.3 is 0 Å². The van der Waals surface area contributed by atoms with Gasteiger partial charge in [-0.05, 0) is 55.3 Å².